The molecule has 1 aliphatic rings. The molecule has 0 bridgehead atoms. The second kappa shape index (κ2) is 3.74. The molecule has 4 nitrogen and oxygen atoms in total. The first-order valence-corrected chi connectivity index (χ1v) is 5.52. The predicted octanol–water partition coefficient (Wildman–Crippen LogP) is 1.07. The Morgan fingerprint density at radius 2 is 2.36 bits per heavy atom. The fourth-order valence-corrected chi connectivity index (χ4v) is 2.29. The van der Waals surface area contributed by atoms with Gasteiger partial charge in [0, 0.05) is 25.5 Å². The molecular weight excluding hydrogens is 222 g/mol. The van der Waals surface area contributed by atoms with Gasteiger partial charge < -0.3 is 9.80 Å². The van der Waals surface area contributed by atoms with Gasteiger partial charge in [0.05, 0.1) is 6.54 Å². The summed E-state index contributed by atoms with van der Waals surface area (Å²) < 4.78 is 0. The highest BCUT2D eigenvalue weighted by Gasteiger charge is 2.22. The van der Waals surface area contributed by atoms with Gasteiger partial charge in [0.15, 0.2) is 5.13 Å². The maximum absolute atomic E-state index is 11.4. The first kappa shape index (κ1) is 9.73. The molecular formula is C8H10ClN3OS. The van der Waals surface area contributed by atoms with Gasteiger partial charge in [0.25, 0.3) is 0 Å². The van der Waals surface area contributed by atoms with Crippen molar-refractivity contribution in [2.45, 2.75) is 0 Å². The average Bonchev–Trinajstić information content (AvgIpc) is 2.57. The molecule has 1 aromatic rings. The quantitative estimate of drug-likeness (QED) is 0.726. The molecule has 76 valence electrons. The van der Waals surface area contributed by atoms with E-state index in [1.807, 2.05) is 11.9 Å². The van der Waals surface area contributed by atoms with E-state index in [9.17, 15) is 4.79 Å². The maximum atomic E-state index is 11.4. The summed E-state index contributed by atoms with van der Waals surface area (Å²) >= 11 is 7.19. The number of hydrogen-bond acceptors (Lipinski definition) is 4. The Bertz CT molecular complexity index is 354. The van der Waals surface area contributed by atoms with Crippen molar-refractivity contribution in [2.24, 2.45) is 0 Å². The van der Waals surface area contributed by atoms with Crippen LogP contribution in [0, 0.1) is 0 Å². The van der Waals surface area contributed by atoms with Crippen LogP contribution in [-0.2, 0) is 4.79 Å². The monoisotopic (exact) mass is 231 g/mol. The number of carbonyl (C=O) groups is 1. The number of thiazole rings is 1. The number of halogens is 1. The Hall–Kier alpha value is -0.810. The Labute approximate surface area is 91.1 Å². The van der Waals surface area contributed by atoms with E-state index in [0.717, 1.165) is 18.2 Å². The standard InChI is InChI=1S/C8H10ClN3OS/c1-11-2-3-12(4-7(11)13)8-10-6(9)5-14-8/h5H,2-4H2,1H3. The highest BCUT2D eigenvalue weighted by molar-refractivity contribution is 7.14. The summed E-state index contributed by atoms with van der Waals surface area (Å²) in [5.41, 5.74) is 0. The van der Waals surface area contributed by atoms with Gasteiger partial charge >= 0.3 is 0 Å². The average molecular weight is 232 g/mol. The predicted molar refractivity (Wildman–Crippen MR) is 57.0 cm³/mol. The van der Waals surface area contributed by atoms with Crippen LogP contribution in [-0.4, -0.2) is 42.5 Å². The van der Waals surface area contributed by atoms with Crippen LogP contribution in [0.5, 0.6) is 0 Å². The van der Waals surface area contributed by atoms with E-state index in [-0.39, 0.29) is 5.91 Å². The molecule has 1 aromatic heterocycles. The lowest BCUT2D eigenvalue weighted by molar-refractivity contribution is -0.129. The highest BCUT2D eigenvalue weighted by atomic mass is 35.5. The number of amides is 1. The second-order valence-electron chi connectivity index (χ2n) is 3.19. The van der Waals surface area contributed by atoms with Crippen molar-refractivity contribution in [3.05, 3.63) is 10.5 Å². The Morgan fingerprint density at radius 1 is 1.57 bits per heavy atom. The van der Waals surface area contributed by atoms with Gasteiger partial charge in [0.2, 0.25) is 5.91 Å². The zero-order chi connectivity index (χ0) is 10.1. The van der Waals surface area contributed by atoms with Crippen LogP contribution in [0.3, 0.4) is 0 Å². The highest BCUT2D eigenvalue weighted by Crippen LogP contribution is 2.24. The number of nitrogens with zero attached hydrogens (tertiary/aromatic N) is 3. The minimum absolute atomic E-state index is 0.127. The van der Waals surface area contributed by atoms with Crippen LogP contribution < -0.4 is 4.90 Å². The SMILES string of the molecule is CN1CCN(c2nc(Cl)cs2)CC1=O. The normalized spacial score (nSPS) is 17.7. The van der Waals surface area contributed by atoms with Crippen LogP contribution in [0.15, 0.2) is 5.38 Å². The van der Waals surface area contributed by atoms with Gasteiger partial charge in [-0.2, -0.15) is 0 Å². The van der Waals surface area contributed by atoms with Crippen LogP contribution in [0.4, 0.5) is 5.13 Å². The van der Waals surface area contributed by atoms with E-state index >= 15 is 0 Å². The summed E-state index contributed by atoms with van der Waals surface area (Å²) in [4.78, 5) is 19.2. The number of rotatable bonds is 1. The van der Waals surface area contributed by atoms with Crippen LogP contribution >= 0.6 is 22.9 Å². The summed E-state index contributed by atoms with van der Waals surface area (Å²) in [6.07, 6.45) is 0. The number of carbonyl (C=O) groups excluding carboxylic acids is 1. The van der Waals surface area contributed by atoms with E-state index in [4.69, 9.17) is 11.6 Å². The van der Waals surface area contributed by atoms with Gasteiger partial charge in [-0.05, 0) is 0 Å². The van der Waals surface area contributed by atoms with E-state index in [2.05, 4.69) is 4.98 Å². The smallest absolute Gasteiger partial charge is 0.241 e. The molecule has 0 saturated carbocycles. The van der Waals surface area contributed by atoms with E-state index in [1.165, 1.54) is 11.3 Å². The van der Waals surface area contributed by atoms with Gasteiger partial charge in [0.1, 0.15) is 5.15 Å². The molecule has 1 saturated heterocycles. The van der Waals surface area contributed by atoms with Crippen LogP contribution in [0.1, 0.15) is 0 Å². The first-order chi connectivity index (χ1) is 6.66. The van der Waals surface area contributed by atoms with Crippen molar-refractivity contribution < 1.29 is 4.79 Å². The molecule has 1 fully saturated rings. The molecule has 0 atom stereocenters. The summed E-state index contributed by atoms with van der Waals surface area (Å²) in [6.45, 7) is 1.97. The van der Waals surface area contributed by atoms with Crippen molar-refractivity contribution in [3.8, 4) is 0 Å². The minimum Gasteiger partial charge on any atom is -0.342 e. The second-order valence-corrected chi connectivity index (χ2v) is 4.41. The summed E-state index contributed by atoms with van der Waals surface area (Å²) in [7, 11) is 1.81. The minimum atomic E-state index is 0.127. The molecule has 0 radical (unpaired) electrons. The van der Waals surface area contributed by atoms with Crippen molar-refractivity contribution in [1.29, 1.82) is 0 Å². The molecule has 14 heavy (non-hydrogen) atoms. The lowest BCUT2D eigenvalue weighted by Crippen LogP contribution is -2.48. The molecule has 2 heterocycles. The summed E-state index contributed by atoms with van der Waals surface area (Å²) in [5, 5.41) is 3.10. The van der Waals surface area contributed by atoms with Crippen LogP contribution in [0.2, 0.25) is 5.15 Å². The van der Waals surface area contributed by atoms with Gasteiger partial charge in [-0.3, -0.25) is 4.79 Å². The molecule has 0 aliphatic carbocycles. The number of aromatic nitrogens is 1. The molecule has 0 spiro atoms. The Morgan fingerprint density at radius 3 is 2.93 bits per heavy atom. The summed E-state index contributed by atoms with van der Waals surface area (Å²) in [6, 6.07) is 0. The third-order valence-corrected chi connectivity index (χ3v) is 3.42. The third kappa shape index (κ3) is 1.83. The molecule has 1 aliphatic heterocycles. The van der Waals surface area contributed by atoms with E-state index in [0.29, 0.717) is 11.7 Å². The third-order valence-electron chi connectivity index (χ3n) is 2.19. The van der Waals surface area contributed by atoms with Crippen LogP contribution in [0.25, 0.3) is 0 Å². The zero-order valence-electron chi connectivity index (χ0n) is 7.73. The Kier molecular flexibility index (Phi) is 2.60. The van der Waals surface area contributed by atoms with Gasteiger partial charge in [-0.25, -0.2) is 4.98 Å². The fraction of sp³-hybridized carbons (Fsp3) is 0.500. The zero-order valence-corrected chi connectivity index (χ0v) is 9.31. The largest absolute Gasteiger partial charge is 0.342 e. The molecule has 0 aromatic carbocycles. The number of anilines is 1. The number of likely N-dealkylation sites (N-methyl/N-ethyl adjacent to an activating group) is 1. The van der Waals surface area contributed by atoms with Gasteiger partial charge in [-0.15, -0.1) is 11.3 Å². The number of hydrogen-bond donors (Lipinski definition) is 0. The molecule has 0 N–H and O–H groups in total. The van der Waals surface area contributed by atoms with Crippen molar-refractivity contribution in [2.75, 3.05) is 31.6 Å². The first-order valence-electron chi connectivity index (χ1n) is 4.27. The maximum Gasteiger partial charge on any atom is 0.241 e. The van der Waals surface area contributed by atoms with Crippen molar-refractivity contribution in [3.63, 3.8) is 0 Å². The van der Waals surface area contributed by atoms with Gasteiger partial charge in [-0.1, -0.05) is 11.6 Å². The molecule has 6 heteroatoms. The van der Waals surface area contributed by atoms with Crippen molar-refractivity contribution >= 4 is 34.0 Å². The Balaban J connectivity index is 2.10. The molecule has 0 unspecified atom stereocenters. The fourth-order valence-electron chi connectivity index (χ4n) is 1.31. The number of piperazine rings is 1. The molecule has 1 amide bonds. The van der Waals surface area contributed by atoms with Crippen molar-refractivity contribution in [1.82, 2.24) is 9.88 Å². The lowest BCUT2D eigenvalue weighted by atomic mass is 10.3. The lowest BCUT2D eigenvalue weighted by Gasteiger charge is -2.31. The van der Waals surface area contributed by atoms with E-state index in [1.54, 1.807) is 10.3 Å². The van der Waals surface area contributed by atoms with E-state index < -0.39 is 0 Å². The summed E-state index contributed by atoms with van der Waals surface area (Å²) in [5.74, 6) is 0.127. The molecule has 2 rings (SSSR count). The topological polar surface area (TPSA) is 36.4 Å².